The number of pyridine rings is 2. The molecule has 0 atom stereocenters. The van der Waals surface area contributed by atoms with E-state index in [-0.39, 0.29) is 11.4 Å². The van der Waals surface area contributed by atoms with Crippen LogP contribution < -0.4 is 14.2 Å². The van der Waals surface area contributed by atoms with Gasteiger partial charge in [-0.1, -0.05) is 6.07 Å². The smallest absolute Gasteiger partial charge is 0.241 e. The van der Waals surface area contributed by atoms with E-state index in [1.807, 2.05) is 24.3 Å². The van der Waals surface area contributed by atoms with Crippen molar-refractivity contribution in [2.75, 3.05) is 13.2 Å². The lowest BCUT2D eigenvalue weighted by atomic mass is 10.1. The summed E-state index contributed by atoms with van der Waals surface area (Å²) < 4.78 is 38.5. The fourth-order valence-corrected chi connectivity index (χ4v) is 3.70. The molecule has 1 aliphatic rings. The maximum Gasteiger partial charge on any atom is 0.241 e. The predicted molar refractivity (Wildman–Crippen MR) is 98.9 cm³/mol. The Morgan fingerprint density at radius 3 is 2.59 bits per heavy atom. The standard InChI is InChI=1S/C19H17N3O4S/c23-27(24,16-4-6-18-19(10-16)26-9-8-25-18)22-12-14-3-5-17(21-11-14)15-2-1-7-20-13-15/h1-7,10-11,13,22H,8-9,12H2. The van der Waals surface area contributed by atoms with Crippen LogP contribution in [0.1, 0.15) is 5.56 Å². The van der Waals surface area contributed by atoms with Crippen LogP contribution in [0, 0.1) is 0 Å². The fraction of sp³-hybridized carbons (Fsp3) is 0.158. The zero-order valence-electron chi connectivity index (χ0n) is 14.3. The molecule has 0 bridgehead atoms. The predicted octanol–water partition coefficient (Wildman–Crippen LogP) is 2.39. The first-order valence-corrected chi connectivity index (χ1v) is 9.85. The average molecular weight is 383 g/mol. The van der Waals surface area contributed by atoms with E-state index in [1.165, 1.54) is 12.1 Å². The molecule has 138 valence electrons. The Bertz CT molecular complexity index is 1040. The van der Waals surface area contributed by atoms with E-state index in [4.69, 9.17) is 9.47 Å². The minimum Gasteiger partial charge on any atom is -0.486 e. The van der Waals surface area contributed by atoms with Crippen LogP contribution in [0.25, 0.3) is 11.3 Å². The average Bonchev–Trinajstić information content (AvgIpc) is 2.73. The summed E-state index contributed by atoms with van der Waals surface area (Å²) in [5.74, 6) is 0.988. The highest BCUT2D eigenvalue weighted by molar-refractivity contribution is 7.89. The highest BCUT2D eigenvalue weighted by Gasteiger charge is 2.19. The first-order valence-electron chi connectivity index (χ1n) is 8.36. The van der Waals surface area contributed by atoms with Gasteiger partial charge in [-0.15, -0.1) is 0 Å². The van der Waals surface area contributed by atoms with Crippen molar-refractivity contribution in [3.8, 4) is 22.8 Å². The molecule has 1 N–H and O–H groups in total. The van der Waals surface area contributed by atoms with E-state index in [2.05, 4.69) is 14.7 Å². The molecule has 0 aliphatic carbocycles. The molecule has 7 nitrogen and oxygen atoms in total. The third-order valence-corrected chi connectivity index (χ3v) is 5.47. The molecule has 0 radical (unpaired) electrons. The molecule has 0 saturated heterocycles. The molecule has 0 saturated carbocycles. The molecule has 27 heavy (non-hydrogen) atoms. The van der Waals surface area contributed by atoms with E-state index in [1.54, 1.807) is 24.7 Å². The van der Waals surface area contributed by atoms with Gasteiger partial charge in [0.05, 0.1) is 10.6 Å². The van der Waals surface area contributed by atoms with Crippen LogP contribution in [-0.4, -0.2) is 31.6 Å². The van der Waals surface area contributed by atoms with Crippen molar-refractivity contribution in [2.24, 2.45) is 0 Å². The van der Waals surface area contributed by atoms with Gasteiger partial charge in [0, 0.05) is 36.8 Å². The number of fused-ring (bicyclic) bond motifs is 1. The SMILES string of the molecule is O=S(=O)(NCc1ccc(-c2cccnc2)nc1)c1ccc2c(c1)OCCO2. The zero-order valence-corrected chi connectivity index (χ0v) is 15.1. The maximum absolute atomic E-state index is 12.5. The molecule has 4 rings (SSSR count). The summed E-state index contributed by atoms with van der Waals surface area (Å²) in [7, 11) is -3.68. The van der Waals surface area contributed by atoms with Crippen LogP contribution in [0.2, 0.25) is 0 Å². The lowest BCUT2D eigenvalue weighted by Crippen LogP contribution is -2.24. The molecule has 0 unspecified atom stereocenters. The monoisotopic (exact) mass is 383 g/mol. The van der Waals surface area contributed by atoms with Crippen LogP contribution >= 0.6 is 0 Å². The minimum atomic E-state index is -3.68. The maximum atomic E-state index is 12.5. The Morgan fingerprint density at radius 2 is 1.85 bits per heavy atom. The number of ether oxygens (including phenoxy) is 2. The quantitative estimate of drug-likeness (QED) is 0.728. The topological polar surface area (TPSA) is 90.4 Å². The van der Waals surface area contributed by atoms with Crippen LogP contribution in [0.5, 0.6) is 11.5 Å². The Labute approximate surface area is 157 Å². The summed E-state index contributed by atoms with van der Waals surface area (Å²) in [5, 5.41) is 0. The summed E-state index contributed by atoms with van der Waals surface area (Å²) in [6.07, 6.45) is 5.08. The summed E-state index contributed by atoms with van der Waals surface area (Å²) in [4.78, 5) is 8.57. The Balaban J connectivity index is 1.46. The number of hydrogen-bond acceptors (Lipinski definition) is 6. The molecule has 0 fully saturated rings. The van der Waals surface area contributed by atoms with Crippen molar-refractivity contribution in [1.29, 1.82) is 0 Å². The molecule has 0 spiro atoms. The Kier molecular flexibility index (Phi) is 4.74. The van der Waals surface area contributed by atoms with Crippen molar-refractivity contribution < 1.29 is 17.9 Å². The number of rotatable bonds is 5. The van der Waals surface area contributed by atoms with Crippen molar-refractivity contribution in [1.82, 2.24) is 14.7 Å². The lowest BCUT2D eigenvalue weighted by molar-refractivity contribution is 0.171. The molecule has 8 heteroatoms. The zero-order chi connectivity index (χ0) is 18.7. The summed E-state index contributed by atoms with van der Waals surface area (Å²) >= 11 is 0. The van der Waals surface area contributed by atoms with E-state index < -0.39 is 10.0 Å². The third-order valence-electron chi connectivity index (χ3n) is 4.07. The van der Waals surface area contributed by atoms with Gasteiger partial charge < -0.3 is 9.47 Å². The highest BCUT2D eigenvalue weighted by Crippen LogP contribution is 2.32. The summed E-state index contributed by atoms with van der Waals surface area (Å²) in [6, 6.07) is 12.0. The van der Waals surface area contributed by atoms with Crippen molar-refractivity contribution >= 4 is 10.0 Å². The van der Waals surface area contributed by atoms with Gasteiger partial charge in [0.2, 0.25) is 10.0 Å². The molecule has 1 aliphatic heterocycles. The molecule has 1 aromatic carbocycles. The van der Waals surface area contributed by atoms with E-state index in [0.29, 0.717) is 24.7 Å². The van der Waals surface area contributed by atoms with Gasteiger partial charge >= 0.3 is 0 Å². The van der Waals surface area contributed by atoms with Gasteiger partial charge in [-0.3, -0.25) is 9.97 Å². The van der Waals surface area contributed by atoms with Gasteiger partial charge in [-0.2, -0.15) is 0 Å². The van der Waals surface area contributed by atoms with Crippen LogP contribution in [0.15, 0.2) is 66.0 Å². The first-order chi connectivity index (χ1) is 13.1. The fourth-order valence-electron chi connectivity index (χ4n) is 2.67. The van der Waals surface area contributed by atoms with Crippen LogP contribution in [0.3, 0.4) is 0 Å². The Morgan fingerprint density at radius 1 is 1.00 bits per heavy atom. The lowest BCUT2D eigenvalue weighted by Gasteiger charge is -2.18. The summed E-state index contributed by atoms with van der Waals surface area (Å²) in [6.45, 7) is 0.995. The Hall–Kier alpha value is -2.97. The van der Waals surface area contributed by atoms with Crippen molar-refractivity contribution in [2.45, 2.75) is 11.4 Å². The number of nitrogens with zero attached hydrogens (tertiary/aromatic N) is 2. The van der Waals surface area contributed by atoms with Gasteiger partial charge in [-0.05, 0) is 35.9 Å². The number of hydrogen-bond donors (Lipinski definition) is 1. The largest absolute Gasteiger partial charge is 0.486 e. The van der Waals surface area contributed by atoms with Crippen molar-refractivity contribution in [3.63, 3.8) is 0 Å². The second-order valence-corrected chi connectivity index (χ2v) is 7.69. The van der Waals surface area contributed by atoms with Gasteiger partial charge in [0.1, 0.15) is 13.2 Å². The second kappa shape index (κ2) is 7.34. The first kappa shape index (κ1) is 17.4. The van der Waals surface area contributed by atoms with Gasteiger partial charge in [-0.25, -0.2) is 13.1 Å². The molecular weight excluding hydrogens is 366 g/mol. The van der Waals surface area contributed by atoms with Gasteiger partial charge in [0.25, 0.3) is 0 Å². The van der Waals surface area contributed by atoms with E-state index in [9.17, 15) is 8.42 Å². The van der Waals surface area contributed by atoms with Crippen molar-refractivity contribution in [3.05, 3.63) is 66.6 Å². The molecule has 2 aromatic heterocycles. The minimum absolute atomic E-state index is 0.131. The highest BCUT2D eigenvalue weighted by atomic mass is 32.2. The van der Waals surface area contributed by atoms with E-state index >= 15 is 0 Å². The summed E-state index contributed by atoms with van der Waals surface area (Å²) in [5.41, 5.74) is 2.44. The normalized spacial score (nSPS) is 13.3. The number of nitrogens with one attached hydrogen (secondary N) is 1. The number of aromatic nitrogens is 2. The second-order valence-electron chi connectivity index (χ2n) is 5.92. The number of benzene rings is 1. The third kappa shape index (κ3) is 3.91. The van der Waals surface area contributed by atoms with Crippen LogP contribution in [0.4, 0.5) is 0 Å². The van der Waals surface area contributed by atoms with E-state index in [0.717, 1.165) is 16.8 Å². The molecule has 3 aromatic rings. The van der Waals surface area contributed by atoms with Crippen LogP contribution in [-0.2, 0) is 16.6 Å². The molecule has 0 amide bonds. The number of sulfonamides is 1. The molecule has 3 heterocycles. The van der Waals surface area contributed by atoms with Gasteiger partial charge in [0.15, 0.2) is 11.5 Å². The molecular formula is C19H17N3O4S.